The van der Waals surface area contributed by atoms with Crippen LogP contribution in [-0.4, -0.2) is 40.5 Å². The minimum atomic E-state index is -0.522. The SMILES string of the molecule is O=c1c2cc(Cc3ccc(-n4cccn4)nc3)c3ncccc3c2ncn1[C@H]1CCCC[C@@H]1O. The predicted octanol–water partition coefficient (Wildman–Crippen LogP) is 3.59. The Labute approximate surface area is 195 Å². The number of aliphatic hydroxyl groups excluding tert-OH is 1. The zero-order chi connectivity index (χ0) is 23.1. The molecule has 1 aliphatic carbocycles. The van der Waals surface area contributed by atoms with Gasteiger partial charge in [-0.2, -0.15) is 5.10 Å². The summed E-state index contributed by atoms with van der Waals surface area (Å²) < 4.78 is 3.34. The molecule has 0 aliphatic heterocycles. The number of benzene rings is 1. The highest BCUT2D eigenvalue weighted by Gasteiger charge is 2.26. The van der Waals surface area contributed by atoms with E-state index in [0.29, 0.717) is 23.7 Å². The lowest BCUT2D eigenvalue weighted by atomic mass is 9.92. The molecule has 0 bridgehead atoms. The standard InChI is InChI=1S/C26H24N6O2/c33-22-7-2-1-6-21(22)31-16-29-25-19-5-3-10-27-24(19)18(14-20(25)26(31)34)13-17-8-9-23(28-15-17)32-12-4-11-30-32/h3-5,8-12,14-16,21-22,33H,1-2,6-7,13H2/t21-,22-/m0/s1. The van der Waals surface area contributed by atoms with E-state index < -0.39 is 6.10 Å². The Morgan fingerprint density at radius 1 is 0.971 bits per heavy atom. The largest absolute Gasteiger partial charge is 0.391 e. The van der Waals surface area contributed by atoms with E-state index in [-0.39, 0.29) is 11.6 Å². The van der Waals surface area contributed by atoms with E-state index in [1.165, 1.54) is 0 Å². The average molecular weight is 453 g/mol. The molecule has 6 rings (SSSR count). The first-order chi connectivity index (χ1) is 16.7. The van der Waals surface area contributed by atoms with Crippen molar-refractivity contribution in [3.05, 3.63) is 89.0 Å². The number of rotatable bonds is 4. The van der Waals surface area contributed by atoms with E-state index in [0.717, 1.165) is 47.1 Å². The van der Waals surface area contributed by atoms with Crippen molar-refractivity contribution in [2.24, 2.45) is 0 Å². The van der Waals surface area contributed by atoms with Crippen LogP contribution in [0.1, 0.15) is 42.9 Å². The number of hydrogen-bond donors (Lipinski definition) is 1. The molecule has 0 unspecified atom stereocenters. The van der Waals surface area contributed by atoms with E-state index >= 15 is 0 Å². The fraction of sp³-hybridized carbons (Fsp3) is 0.269. The van der Waals surface area contributed by atoms with Gasteiger partial charge in [0.25, 0.3) is 5.56 Å². The third-order valence-corrected chi connectivity index (χ3v) is 6.71. The monoisotopic (exact) mass is 452 g/mol. The zero-order valence-corrected chi connectivity index (χ0v) is 18.6. The van der Waals surface area contributed by atoms with Gasteiger partial charge in [0.05, 0.1) is 34.9 Å². The zero-order valence-electron chi connectivity index (χ0n) is 18.6. The second-order valence-corrected chi connectivity index (χ2v) is 8.86. The third kappa shape index (κ3) is 3.56. The summed E-state index contributed by atoms with van der Waals surface area (Å²) in [5.41, 5.74) is 3.31. The molecule has 8 nitrogen and oxygen atoms in total. The Balaban J connectivity index is 1.45. The summed E-state index contributed by atoms with van der Waals surface area (Å²) in [6.45, 7) is 0. The molecule has 0 radical (unpaired) electrons. The topological polar surface area (TPSA) is 98.7 Å². The van der Waals surface area contributed by atoms with E-state index in [1.54, 1.807) is 28.0 Å². The highest BCUT2D eigenvalue weighted by molar-refractivity contribution is 6.04. The number of nitrogens with zero attached hydrogens (tertiary/aromatic N) is 6. The molecule has 170 valence electrons. The molecule has 1 fully saturated rings. The van der Waals surface area contributed by atoms with Gasteiger partial charge >= 0.3 is 0 Å². The van der Waals surface area contributed by atoms with Crippen molar-refractivity contribution in [2.45, 2.75) is 44.2 Å². The fourth-order valence-electron chi connectivity index (χ4n) is 4.99. The third-order valence-electron chi connectivity index (χ3n) is 6.71. The molecule has 1 aliphatic rings. The number of pyridine rings is 2. The van der Waals surface area contributed by atoms with Crippen LogP contribution in [0.5, 0.6) is 0 Å². The lowest BCUT2D eigenvalue weighted by Gasteiger charge is -2.29. The van der Waals surface area contributed by atoms with Gasteiger partial charge in [-0.05, 0) is 54.3 Å². The van der Waals surface area contributed by atoms with Crippen molar-refractivity contribution in [1.29, 1.82) is 0 Å². The molecular weight excluding hydrogens is 428 g/mol. The fourth-order valence-corrected chi connectivity index (χ4v) is 4.99. The molecular formula is C26H24N6O2. The maximum absolute atomic E-state index is 13.6. The van der Waals surface area contributed by atoms with Crippen molar-refractivity contribution in [2.75, 3.05) is 0 Å². The number of hydrogen-bond acceptors (Lipinski definition) is 6. The Kier molecular flexibility index (Phi) is 5.15. The van der Waals surface area contributed by atoms with Crippen molar-refractivity contribution >= 4 is 21.8 Å². The Morgan fingerprint density at radius 2 is 1.88 bits per heavy atom. The van der Waals surface area contributed by atoms with Gasteiger partial charge < -0.3 is 5.11 Å². The van der Waals surface area contributed by atoms with Crippen LogP contribution in [-0.2, 0) is 6.42 Å². The van der Waals surface area contributed by atoms with Gasteiger partial charge in [-0.15, -0.1) is 0 Å². The van der Waals surface area contributed by atoms with Crippen molar-refractivity contribution < 1.29 is 5.11 Å². The summed E-state index contributed by atoms with van der Waals surface area (Å²) >= 11 is 0. The lowest BCUT2D eigenvalue weighted by molar-refractivity contribution is 0.0735. The Hall–Kier alpha value is -3.91. The van der Waals surface area contributed by atoms with Crippen LogP contribution in [0.3, 0.4) is 0 Å². The van der Waals surface area contributed by atoms with E-state index in [1.807, 2.05) is 48.8 Å². The molecule has 1 aromatic carbocycles. The first kappa shape index (κ1) is 20.7. The first-order valence-electron chi connectivity index (χ1n) is 11.6. The van der Waals surface area contributed by atoms with Crippen molar-refractivity contribution in [3.8, 4) is 5.82 Å². The lowest BCUT2D eigenvalue weighted by Crippen LogP contribution is -2.34. The van der Waals surface area contributed by atoms with E-state index in [9.17, 15) is 9.90 Å². The number of aromatic nitrogens is 6. The molecule has 8 heteroatoms. The van der Waals surface area contributed by atoms with Gasteiger partial charge in [0.2, 0.25) is 0 Å². The highest BCUT2D eigenvalue weighted by atomic mass is 16.3. The second kappa shape index (κ2) is 8.46. The molecule has 0 spiro atoms. The molecule has 1 N–H and O–H groups in total. The molecule has 4 heterocycles. The maximum Gasteiger partial charge on any atom is 0.261 e. The van der Waals surface area contributed by atoms with Gasteiger partial charge in [0, 0.05) is 36.6 Å². The summed E-state index contributed by atoms with van der Waals surface area (Å²) in [5, 5.41) is 16.1. The number of aliphatic hydroxyl groups is 1. The van der Waals surface area contributed by atoms with Gasteiger partial charge in [0.15, 0.2) is 5.82 Å². The minimum absolute atomic E-state index is 0.116. The maximum atomic E-state index is 13.6. The normalized spacial score (nSPS) is 18.5. The van der Waals surface area contributed by atoms with Crippen LogP contribution in [0.4, 0.5) is 0 Å². The Bertz CT molecular complexity index is 1530. The molecule has 2 atom stereocenters. The first-order valence-corrected chi connectivity index (χ1v) is 11.6. The predicted molar refractivity (Wildman–Crippen MR) is 129 cm³/mol. The van der Waals surface area contributed by atoms with Crippen LogP contribution in [0.2, 0.25) is 0 Å². The molecule has 4 aromatic heterocycles. The summed E-state index contributed by atoms with van der Waals surface area (Å²) in [6, 6.07) is 11.3. The smallest absolute Gasteiger partial charge is 0.261 e. The van der Waals surface area contributed by atoms with Crippen LogP contribution < -0.4 is 5.56 Å². The van der Waals surface area contributed by atoms with E-state index in [4.69, 9.17) is 0 Å². The quantitative estimate of drug-likeness (QED) is 0.419. The summed E-state index contributed by atoms with van der Waals surface area (Å²) in [7, 11) is 0. The van der Waals surface area contributed by atoms with E-state index in [2.05, 4.69) is 20.1 Å². The van der Waals surface area contributed by atoms with Crippen LogP contribution in [0.25, 0.3) is 27.6 Å². The van der Waals surface area contributed by atoms with Crippen LogP contribution in [0, 0.1) is 0 Å². The van der Waals surface area contributed by atoms with Gasteiger partial charge in [-0.3, -0.25) is 14.3 Å². The summed E-state index contributed by atoms with van der Waals surface area (Å²) in [5.74, 6) is 0.744. The van der Waals surface area contributed by atoms with Gasteiger partial charge in [-0.25, -0.2) is 14.6 Å². The van der Waals surface area contributed by atoms with Crippen LogP contribution in [0.15, 0.2) is 72.3 Å². The number of fused-ring (bicyclic) bond motifs is 3. The highest BCUT2D eigenvalue weighted by Crippen LogP contribution is 2.30. The molecule has 34 heavy (non-hydrogen) atoms. The Morgan fingerprint density at radius 3 is 2.68 bits per heavy atom. The average Bonchev–Trinajstić information content (AvgIpc) is 3.41. The molecule has 1 saturated carbocycles. The van der Waals surface area contributed by atoms with Crippen molar-refractivity contribution in [3.63, 3.8) is 0 Å². The van der Waals surface area contributed by atoms with Gasteiger partial charge in [0.1, 0.15) is 0 Å². The van der Waals surface area contributed by atoms with Crippen LogP contribution >= 0.6 is 0 Å². The second-order valence-electron chi connectivity index (χ2n) is 8.86. The van der Waals surface area contributed by atoms with Crippen molar-refractivity contribution in [1.82, 2.24) is 29.3 Å². The molecule has 5 aromatic rings. The summed E-state index contributed by atoms with van der Waals surface area (Å²) in [4.78, 5) is 27.4. The molecule has 0 amide bonds. The minimum Gasteiger partial charge on any atom is -0.391 e. The molecule has 0 saturated heterocycles. The van der Waals surface area contributed by atoms with Gasteiger partial charge in [-0.1, -0.05) is 18.9 Å². The summed E-state index contributed by atoms with van der Waals surface area (Å²) in [6.07, 6.45) is 12.3.